The third-order valence-electron chi connectivity index (χ3n) is 3.36. The molecule has 0 saturated heterocycles. The second-order valence-corrected chi connectivity index (χ2v) is 4.45. The smallest absolute Gasteiger partial charge is 0.336 e. The maximum Gasteiger partial charge on any atom is 0.336 e. The number of halogens is 1. The van der Waals surface area contributed by atoms with Gasteiger partial charge in [0.15, 0.2) is 0 Å². The number of aromatic carboxylic acids is 2. The Morgan fingerprint density at radius 1 is 0.609 bits per heavy atom. The zero-order valence-corrected chi connectivity index (χ0v) is 11.7. The highest BCUT2D eigenvalue weighted by molar-refractivity contribution is 6.23. The summed E-state index contributed by atoms with van der Waals surface area (Å²) in [6, 6.07) is 13.4. The highest BCUT2D eigenvalue weighted by Gasteiger charge is 2.20. The largest absolute Gasteiger partial charge is 0.478 e. The van der Waals surface area contributed by atoms with Gasteiger partial charge in [-0.25, -0.2) is 9.59 Å². The number of carboxylic acid groups (broad SMARTS) is 2. The van der Waals surface area contributed by atoms with E-state index in [9.17, 15) is 19.8 Å². The van der Waals surface area contributed by atoms with Crippen LogP contribution >= 0.6 is 0 Å². The summed E-state index contributed by atoms with van der Waals surface area (Å²) >= 11 is 0. The summed E-state index contributed by atoms with van der Waals surface area (Å²) in [5, 5.41) is 20.7. The van der Waals surface area contributed by atoms with Gasteiger partial charge < -0.3 is 21.2 Å². The molecule has 0 aromatic heterocycles. The first-order valence-corrected chi connectivity index (χ1v) is 6.01. The Hall–Kier alpha value is -3.03. The summed E-state index contributed by atoms with van der Waals surface area (Å²) in [6.45, 7) is 0. The Labute approximate surface area is 129 Å². The molecule has 0 aliphatic rings. The lowest BCUT2D eigenvalue weighted by molar-refractivity contribution is 0.0687. The standard InChI is InChI=1S/C16H10O4.FH.2H2O/c17-15(18)13-9-5-1-2-6-10(9)14(16(19)20)12-8-4-3-7-11(12)13;;;/h1-8H,(H,17,18)(H,19,20);1H;2*1H2. The van der Waals surface area contributed by atoms with Gasteiger partial charge in [0.1, 0.15) is 0 Å². The van der Waals surface area contributed by atoms with Crippen molar-refractivity contribution in [1.82, 2.24) is 0 Å². The normalized spacial score (nSPS) is 9.39. The molecule has 6 nitrogen and oxygen atoms in total. The molecule has 0 saturated carbocycles. The maximum absolute atomic E-state index is 11.6. The predicted octanol–water partition coefficient (Wildman–Crippen LogP) is 1.89. The summed E-state index contributed by atoms with van der Waals surface area (Å²) in [7, 11) is 0. The number of carboxylic acids is 2. The Balaban J connectivity index is 0.00000161. The average molecular weight is 322 g/mol. The van der Waals surface area contributed by atoms with E-state index in [1.165, 1.54) is 0 Å². The fourth-order valence-electron chi connectivity index (χ4n) is 2.59. The lowest BCUT2D eigenvalue weighted by Gasteiger charge is -2.11. The van der Waals surface area contributed by atoms with Crippen molar-refractivity contribution in [2.45, 2.75) is 0 Å². The first-order chi connectivity index (χ1) is 9.61. The van der Waals surface area contributed by atoms with Crippen LogP contribution in [0.15, 0.2) is 48.5 Å². The molecule has 3 rings (SSSR count). The second-order valence-electron chi connectivity index (χ2n) is 4.45. The number of benzene rings is 3. The lowest BCUT2D eigenvalue weighted by atomic mass is 9.92. The van der Waals surface area contributed by atoms with Gasteiger partial charge in [0, 0.05) is 0 Å². The molecule has 0 atom stereocenters. The van der Waals surface area contributed by atoms with Gasteiger partial charge in [-0.05, 0) is 21.5 Å². The second kappa shape index (κ2) is 7.30. The summed E-state index contributed by atoms with van der Waals surface area (Å²) in [5.41, 5.74) is 0.280. The molecule has 122 valence electrons. The van der Waals surface area contributed by atoms with E-state index in [1.54, 1.807) is 48.5 Å². The Morgan fingerprint density at radius 3 is 1.00 bits per heavy atom. The van der Waals surface area contributed by atoms with E-state index >= 15 is 0 Å². The number of hydrogen-bond acceptors (Lipinski definition) is 2. The van der Waals surface area contributed by atoms with Crippen molar-refractivity contribution in [2.75, 3.05) is 0 Å². The summed E-state index contributed by atoms with van der Waals surface area (Å²) in [6.07, 6.45) is 0. The van der Waals surface area contributed by atoms with Crippen LogP contribution in [0.25, 0.3) is 21.5 Å². The van der Waals surface area contributed by atoms with Crippen LogP contribution < -0.4 is 0 Å². The van der Waals surface area contributed by atoms with Crippen LogP contribution in [0.1, 0.15) is 20.7 Å². The van der Waals surface area contributed by atoms with Gasteiger partial charge in [-0.1, -0.05) is 48.5 Å². The summed E-state index contributed by atoms with van der Waals surface area (Å²) in [5.74, 6) is -2.12. The molecule has 6 N–H and O–H groups in total. The molecule has 3 aromatic rings. The molecule has 3 aromatic carbocycles. The summed E-state index contributed by atoms with van der Waals surface area (Å²) in [4.78, 5) is 23.1. The van der Waals surface area contributed by atoms with Crippen molar-refractivity contribution in [3.05, 3.63) is 59.7 Å². The molecule has 0 amide bonds. The Morgan fingerprint density at radius 2 is 0.826 bits per heavy atom. The molecule has 0 aliphatic carbocycles. The third-order valence-corrected chi connectivity index (χ3v) is 3.36. The van der Waals surface area contributed by atoms with Crippen LogP contribution in [-0.4, -0.2) is 33.1 Å². The zero-order valence-electron chi connectivity index (χ0n) is 11.7. The molecule has 0 bridgehead atoms. The maximum atomic E-state index is 11.6. The summed E-state index contributed by atoms with van der Waals surface area (Å²) < 4.78 is 0. The third kappa shape index (κ3) is 2.96. The van der Waals surface area contributed by atoms with Crippen LogP contribution in [0.3, 0.4) is 0 Å². The van der Waals surface area contributed by atoms with Crippen LogP contribution in [0.2, 0.25) is 0 Å². The van der Waals surface area contributed by atoms with E-state index in [4.69, 9.17) is 0 Å². The van der Waals surface area contributed by atoms with E-state index in [-0.39, 0.29) is 26.8 Å². The minimum absolute atomic E-state index is 0. The van der Waals surface area contributed by atoms with Crippen LogP contribution in [0.5, 0.6) is 0 Å². The van der Waals surface area contributed by atoms with Crippen molar-refractivity contribution in [1.29, 1.82) is 0 Å². The van der Waals surface area contributed by atoms with E-state index in [1.807, 2.05) is 0 Å². The lowest BCUT2D eigenvalue weighted by Crippen LogP contribution is -2.05. The van der Waals surface area contributed by atoms with Crippen LogP contribution in [0, 0.1) is 0 Å². The van der Waals surface area contributed by atoms with Gasteiger partial charge in [0.2, 0.25) is 0 Å². The predicted molar refractivity (Wildman–Crippen MR) is 85.1 cm³/mol. The first kappa shape index (κ1) is 20.0. The highest BCUT2D eigenvalue weighted by atomic mass is 19.0. The topological polar surface area (TPSA) is 138 Å². The van der Waals surface area contributed by atoms with Gasteiger partial charge in [-0.2, -0.15) is 0 Å². The molecule has 23 heavy (non-hydrogen) atoms. The van der Waals surface area contributed by atoms with Crippen LogP contribution in [0.4, 0.5) is 4.70 Å². The SMILES string of the molecule is F.O.O.O=C(O)c1c2ccccc2c(C(=O)O)c2ccccc12. The average Bonchev–Trinajstić information content (AvgIpc) is 2.43. The van der Waals surface area contributed by atoms with Gasteiger partial charge in [-0.3, -0.25) is 4.70 Å². The molecule has 0 radical (unpaired) electrons. The Kier molecular flexibility index (Phi) is 6.34. The number of fused-ring (bicyclic) bond motifs is 2. The van der Waals surface area contributed by atoms with Gasteiger partial charge in [-0.15, -0.1) is 0 Å². The number of carbonyl (C=O) groups is 2. The van der Waals surface area contributed by atoms with E-state index < -0.39 is 11.9 Å². The number of rotatable bonds is 2. The first-order valence-electron chi connectivity index (χ1n) is 6.01. The molecule has 0 aliphatic heterocycles. The molecular formula is C16H15FO6. The quantitative estimate of drug-likeness (QED) is 0.696. The van der Waals surface area contributed by atoms with Gasteiger partial charge in [0.05, 0.1) is 11.1 Å². The number of hydrogen-bond donors (Lipinski definition) is 2. The Bertz CT molecular complexity index is 746. The van der Waals surface area contributed by atoms with Crippen molar-refractivity contribution in [3.63, 3.8) is 0 Å². The zero-order chi connectivity index (χ0) is 14.3. The van der Waals surface area contributed by atoms with Crippen molar-refractivity contribution < 1.29 is 35.5 Å². The highest BCUT2D eigenvalue weighted by Crippen LogP contribution is 2.32. The molecule has 0 spiro atoms. The molecule has 0 fully saturated rings. The fourth-order valence-corrected chi connectivity index (χ4v) is 2.59. The van der Waals surface area contributed by atoms with Crippen LogP contribution in [-0.2, 0) is 0 Å². The van der Waals surface area contributed by atoms with Crippen molar-refractivity contribution in [2.24, 2.45) is 0 Å². The van der Waals surface area contributed by atoms with E-state index in [0.717, 1.165) is 0 Å². The monoisotopic (exact) mass is 322 g/mol. The van der Waals surface area contributed by atoms with E-state index in [0.29, 0.717) is 21.5 Å². The molecule has 0 unspecified atom stereocenters. The van der Waals surface area contributed by atoms with Crippen molar-refractivity contribution in [3.8, 4) is 0 Å². The molecular weight excluding hydrogens is 307 g/mol. The fraction of sp³-hybridized carbons (Fsp3) is 0. The van der Waals surface area contributed by atoms with Gasteiger partial charge >= 0.3 is 11.9 Å². The molecule has 0 heterocycles. The molecule has 7 heteroatoms. The minimum atomic E-state index is -1.06. The minimum Gasteiger partial charge on any atom is -0.478 e. The van der Waals surface area contributed by atoms with Gasteiger partial charge in [0.25, 0.3) is 0 Å². The van der Waals surface area contributed by atoms with Crippen molar-refractivity contribution >= 4 is 33.5 Å². The van der Waals surface area contributed by atoms with E-state index in [2.05, 4.69) is 0 Å².